The van der Waals surface area contributed by atoms with Gasteiger partial charge >= 0.3 is 5.97 Å². The van der Waals surface area contributed by atoms with Crippen molar-refractivity contribution in [2.24, 2.45) is 0 Å². The lowest BCUT2D eigenvalue weighted by Crippen LogP contribution is -2.31. The van der Waals surface area contributed by atoms with Crippen molar-refractivity contribution in [1.29, 1.82) is 0 Å². The van der Waals surface area contributed by atoms with Gasteiger partial charge in [0.05, 0.1) is 20.3 Å². The second kappa shape index (κ2) is 7.03. The standard InChI is InChI=1S/C8H16FNO2/c1-3-10(6-4-5-9)7-8(11)12-2/h3-7H2,1-2H3. The summed E-state index contributed by atoms with van der Waals surface area (Å²) in [5, 5.41) is 0. The highest BCUT2D eigenvalue weighted by Crippen LogP contribution is 1.92. The summed E-state index contributed by atoms with van der Waals surface area (Å²) in [5.74, 6) is -0.268. The Morgan fingerprint density at radius 3 is 2.67 bits per heavy atom. The number of alkyl halides is 1. The van der Waals surface area contributed by atoms with Crippen molar-refractivity contribution in [1.82, 2.24) is 4.90 Å². The number of hydrogen-bond donors (Lipinski definition) is 0. The molecule has 0 saturated carbocycles. The molecule has 0 saturated heterocycles. The van der Waals surface area contributed by atoms with E-state index in [0.717, 1.165) is 6.54 Å². The van der Waals surface area contributed by atoms with E-state index in [1.165, 1.54) is 7.11 Å². The van der Waals surface area contributed by atoms with Crippen LogP contribution in [0.5, 0.6) is 0 Å². The first-order chi connectivity index (χ1) is 5.74. The van der Waals surface area contributed by atoms with E-state index >= 15 is 0 Å². The van der Waals surface area contributed by atoms with Gasteiger partial charge in [0.15, 0.2) is 0 Å². The fraction of sp³-hybridized carbons (Fsp3) is 0.875. The molecular weight excluding hydrogens is 161 g/mol. The molecule has 0 rings (SSSR count). The first kappa shape index (κ1) is 11.4. The molecule has 12 heavy (non-hydrogen) atoms. The van der Waals surface area contributed by atoms with Crippen LogP contribution in [0.2, 0.25) is 0 Å². The lowest BCUT2D eigenvalue weighted by molar-refractivity contribution is -0.141. The molecular formula is C8H16FNO2. The zero-order valence-electron chi connectivity index (χ0n) is 7.68. The van der Waals surface area contributed by atoms with Gasteiger partial charge < -0.3 is 4.74 Å². The van der Waals surface area contributed by atoms with Gasteiger partial charge in [0.25, 0.3) is 0 Å². The molecule has 3 nitrogen and oxygen atoms in total. The number of halogens is 1. The second-order valence-corrected chi connectivity index (χ2v) is 2.49. The third kappa shape index (κ3) is 5.07. The number of rotatable bonds is 6. The zero-order valence-corrected chi connectivity index (χ0v) is 7.68. The van der Waals surface area contributed by atoms with Crippen molar-refractivity contribution in [3.05, 3.63) is 0 Å². The first-order valence-electron chi connectivity index (χ1n) is 4.09. The third-order valence-electron chi connectivity index (χ3n) is 1.64. The molecule has 0 fully saturated rings. The Morgan fingerprint density at radius 1 is 1.58 bits per heavy atom. The summed E-state index contributed by atoms with van der Waals surface area (Å²) in [4.78, 5) is 12.6. The minimum Gasteiger partial charge on any atom is -0.468 e. The molecule has 0 aliphatic heterocycles. The number of esters is 1. The van der Waals surface area contributed by atoms with E-state index in [9.17, 15) is 9.18 Å². The molecule has 0 spiro atoms. The molecule has 0 aromatic rings. The Labute approximate surface area is 72.5 Å². The number of nitrogens with zero attached hydrogens (tertiary/aromatic N) is 1. The third-order valence-corrected chi connectivity index (χ3v) is 1.64. The molecule has 0 aromatic heterocycles. The normalized spacial score (nSPS) is 10.3. The second-order valence-electron chi connectivity index (χ2n) is 2.49. The van der Waals surface area contributed by atoms with Crippen molar-refractivity contribution in [3.8, 4) is 0 Å². The van der Waals surface area contributed by atoms with E-state index in [0.29, 0.717) is 13.0 Å². The number of carbonyl (C=O) groups excluding carboxylic acids is 1. The molecule has 0 bridgehead atoms. The number of ether oxygens (including phenoxy) is 1. The Hall–Kier alpha value is -0.640. The van der Waals surface area contributed by atoms with E-state index in [1.807, 2.05) is 11.8 Å². The summed E-state index contributed by atoms with van der Waals surface area (Å²) in [5.41, 5.74) is 0. The molecule has 0 N–H and O–H groups in total. The fourth-order valence-corrected chi connectivity index (χ4v) is 0.879. The zero-order chi connectivity index (χ0) is 9.40. The number of hydrogen-bond acceptors (Lipinski definition) is 3. The van der Waals surface area contributed by atoms with Gasteiger partial charge in [0.1, 0.15) is 0 Å². The van der Waals surface area contributed by atoms with Crippen molar-refractivity contribution in [2.45, 2.75) is 13.3 Å². The molecule has 0 amide bonds. The van der Waals surface area contributed by atoms with Crippen LogP contribution < -0.4 is 0 Å². The summed E-state index contributed by atoms with van der Waals surface area (Å²) >= 11 is 0. The Morgan fingerprint density at radius 2 is 2.25 bits per heavy atom. The van der Waals surface area contributed by atoms with Gasteiger partial charge in [-0.3, -0.25) is 14.1 Å². The SMILES string of the molecule is CCN(CCCF)CC(=O)OC. The molecule has 4 heteroatoms. The van der Waals surface area contributed by atoms with Crippen molar-refractivity contribution < 1.29 is 13.9 Å². The molecule has 0 aliphatic rings. The van der Waals surface area contributed by atoms with Gasteiger partial charge in [-0.15, -0.1) is 0 Å². The predicted molar refractivity (Wildman–Crippen MR) is 44.7 cm³/mol. The maximum atomic E-state index is 11.8. The van der Waals surface area contributed by atoms with Crippen LogP contribution in [0, 0.1) is 0 Å². The quantitative estimate of drug-likeness (QED) is 0.563. The lowest BCUT2D eigenvalue weighted by Gasteiger charge is -2.17. The van der Waals surface area contributed by atoms with Crippen LogP contribution in [0.15, 0.2) is 0 Å². The van der Waals surface area contributed by atoms with Crippen LogP contribution in [-0.2, 0) is 9.53 Å². The number of likely N-dealkylation sites (N-methyl/N-ethyl adjacent to an activating group) is 1. The molecule has 0 aliphatic carbocycles. The molecule has 0 radical (unpaired) electrons. The largest absolute Gasteiger partial charge is 0.468 e. The minimum atomic E-state index is -0.336. The average molecular weight is 177 g/mol. The maximum Gasteiger partial charge on any atom is 0.319 e. The van der Waals surface area contributed by atoms with Crippen LogP contribution in [0.25, 0.3) is 0 Å². The van der Waals surface area contributed by atoms with E-state index in [1.54, 1.807) is 0 Å². The summed E-state index contributed by atoms with van der Waals surface area (Å²) in [6.07, 6.45) is 0.477. The summed E-state index contributed by atoms with van der Waals surface area (Å²) in [6, 6.07) is 0. The van der Waals surface area contributed by atoms with Crippen molar-refractivity contribution in [3.63, 3.8) is 0 Å². The van der Waals surface area contributed by atoms with Gasteiger partial charge in [-0.25, -0.2) is 0 Å². The summed E-state index contributed by atoms with van der Waals surface area (Å²) < 4.78 is 16.3. The highest BCUT2D eigenvalue weighted by molar-refractivity contribution is 5.71. The van der Waals surface area contributed by atoms with Gasteiger partial charge in [-0.2, -0.15) is 0 Å². The monoisotopic (exact) mass is 177 g/mol. The fourth-order valence-electron chi connectivity index (χ4n) is 0.879. The van der Waals surface area contributed by atoms with Gasteiger partial charge in [0.2, 0.25) is 0 Å². The smallest absolute Gasteiger partial charge is 0.319 e. The maximum absolute atomic E-state index is 11.8. The Kier molecular flexibility index (Phi) is 6.66. The lowest BCUT2D eigenvalue weighted by atomic mass is 10.4. The van der Waals surface area contributed by atoms with Gasteiger partial charge in [0, 0.05) is 6.54 Å². The van der Waals surface area contributed by atoms with Crippen LogP contribution in [0.4, 0.5) is 4.39 Å². The summed E-state index contributed by atoms with van der Waals surface area (Å²) in [7, 11) is 1.35. The highest BCUT2D eigenvalue weighted by Gasteiger charge is 2.07. The van der Waals surface area contributed by atoms with Crippen molar-refractivity contribution in [2.75, 3.05) is 33.4 Å². The van der Waals surface area contributed by atoms with E-state index in [-0.39, 0.29) is 19.2 Å². The Bertz CT molecular complexity index is 130. The number of carbonyl (C=O) groups is 1. The van der Waals surface area contributed by atoms with Crippen molar-refractivity contribution >= 4 is 5.97 Å². The average Bonchev–Trinajstić information content (AvgIpc) is 2.11. The van der Waals surface area contributed by atoms with Crippen LogP contribution >= 0.6 is 0 Å². The Balaban J connectivity index is 3.59. The molecule has 0 heterocycles. The van der Waals surface area contributed by atoms with Crippen LogP contribution in [-0.4, -0.2) is 44.3 Å². The van der Waals surface area contributed by atoms with Crippen LogP contribution in [0.1, 0.15) is 13.3 Å². The van der Waals surface area contributed by atoms with Crippen LogP contribution in [0.3, 0.4) is 0 Å². The number of methoxy groups -OCH3 is 1. The molecule has 0 unspecified atom stereocenters. The van der Waals surface area contributed by atoms with Gasteiger partial charge in [-0.05, 0) is 13.0 Å². The van der Waals surface area contributed by atoms with Gasteiger partial charge in [-0.1, -0.05) is 6.92 Å². The van der Waals surface area contributed by atoms with E-state index in [2.05, 4.69) is 4.74 Å². The molecule has 0 aromatic carbocycles. The topological polar surface area (TPSA) is 29.5 Å². The van der Waals surface area contributed by atoms with E-state index in [4.69, 9.17) is 0 Å². The summed E-state index contributed by atoms with van der Waals surface area (Å²) in [6.45, 7) is 3.21. The minimum absolute atomic E-state index is 0.257. The van der Waals surface area contributed by atoms with E-state index < -0.39 is 0 Å². The predicted octanol–water partition coefficient (Wildman–Crippen LogP) is 0.841. The highest BCUT2D eigenvalue weighted by atomic mass is 19.1. The first-order valence-corrected chi connectivity index (χ1v) is 4.09. The molecule has 0 atom stereocenters. The molecule has 72 valence electrons.